The molecule has 0 unspecified atom stereocenters. The number of benzene rings is 1. The second kappa shape index (κ2) is 2.74. The zero-order valence-electron chi connectivity index (χ0n) is 5.73. The van der Waals surface area contributed by atoms with Crippen LogP contribution in [0.2, 0.25) is 0 Å². The van der Waals surface area contributed by atoms with Gasteiger partial charge in [-0.05, 0) is 28.1 Å². The van der Waals surface area contributed by atoms with E-state index in [1.165, 1.54) is 0 Å². The van der Waals surface area contributed by atoms with Crippen LogP contribution in [0.15, 0.2) is 30.3 Å². The van der Waals surface area contributed by atoms with Gasteiger partial charge in [0.25, 0.3) is 0 Å². The van der Waals surface area contributed by atoms with E-state index in [-0.39, 0.29) is 0 Å². The summed E-state index contributed by atoms with van der Waals surface area (Å²) in [6.45, 7) is 0. The molecule has 5 heteroatoms. The number of rotatable bonds is 0. The maximum Gasteiger partial charge on any atom is 0.417 e. The lowest BCUT2D eigenvalue weighted by atomic mass is 10.3. The highest BCUT2D eigenvalue weighted by atomic mass is 79.9. The Morgan fingerprint density at radius 1 is 1.33 bits per heavy atom. The fraction of sp³-hybridized carbons (Fsp3) is 0. The quantitative estimate of drug-likeness (QED) is 0.811. The molecule has 0 saturated carbocycles. The lowest BCUT2D eigenvalue weighted by molar-refractivity contribution is 0.555. The van der Waals surface area contributed by atoms with E-state index < -0.39 is 5.76 Å². The van der Waals surface area contributed by atoms with E-state index in [1.807, 2.05) is 6.07 Å². The van der Waals surface area contributed by atoms with Gasteiger partial charge in [0, 0.05) is 8.95 Å². The molecule has 62 valence electrons. The van der Waals surface area contributed by atoms with Gasteiger partial charge in [-0.1, -0.05) is 15.9 Å². The van der Waals surface area contributed by atoms with Crippen LogP contribution in [0.4, 0.5) is 0 Å². The van der Waals surface area contributed by atoms with Crippen LogP contribution < -0.4 is 5.76 Å². The van der Waals surface area contributed by atoms with Gasteiger partial charge in [0.1, 0.15) is 5.52 Å². The van der Waals surface area contributed by atoms with E-state index in [0.29, 0.717) is 11.1 Å². The van der Waals surface area contributed by atoms with Crippen molar-refractivity contribution in [2.24, 2.45) is 0 Å². The molecule has 0 fully saturated rings. The first kappa shape index (κ1) is 8.07. The van der Waals surface area contributed by atoms with Gasteiger partial charge in [-0.2, -0.15) is 0 Å². The Kier molecular flexibility index (Phi) is 1.84. The number of aromatic amines is 1. The van der Waals surface area contributed by atoms with E-state index in [9.17, 15) is 4.79 Å². The van der Waals surface area contributed by atoms with Gasteiger partial charge >= 0.3 is 5.76 Å². The number of aromatic nitrogens is 1. The van der Waals surface area contributed by atoms with Crippen LogP contribution in [0.3, 0.4) is 0 Å². The number of hydrogen-bond acceptors (Lipinski definition) is 2. The third-order valence-corrected chi connectivity index (χ3v) is 2.53. The van der Waals surface area contributed by atoms with Crippen molar-refractivity contribution in [2.75, 3.05) is 0 Å². The molecule has 1 aromatic heterocycles. The molecule has 0 aliphatic carbocycles. The van der Waals surface area contributed by atoms with E-state index in [4.69, 9.17) is 4.42 Å². The van der Waals surface area contributed by atoms with E-state index in [2.05, 4.69) is 36.8 Å². The first-order chi connectivity index (χ1) is 5.66. The summed E-state index contributed by atoms with van der Waals surface area (Å²) in [7, 11) is 0. The summed E-state index contributed by atoms with van der Waals surface area (Å²) in [6, 6.07) is 3.58. The van der Waals surface area contributed by atoms with Crippen molar-refractivity contribution >= 4 is 43.0 Å². The van der Waals surface area contributed by atoms with Gasteiger partial charge in [0.05, 0.1) is 0 Å². The van der Waals surface area contributed by atoms with Crippen LogP contribution >= 0.6 is 31.9 Å². The molecule has 0 amide bonds. The molecule has 0 aliphatic heterocycles. The average Bonchev–Trinajstić information content (AvgIpc) is 2.29. The van der Waals surface area contributed by atoms with E-state index in [0.717, 1.165) is 8.95 Å². The molecule has 0 bridgehead atoms. The predicted octanol–water partition coefficient (Wildman–Crippen LogP) is 2.65. The summed E-state index contributed by atoms with van der Waals surface area (Å²) >= 11 is 6.59. The molecule has 0 aliphatic rings. The Labute approximate surface area is 84.0 Å². The average molecular weight is 293 g/mol. The number of nitrogens with one attached hydrogen (secondary N) is 1. The normalized spacial score (nSPS) is 10.8. The van der Waals surface area contributed by atoms with Crippen molar-refractivity contribution in [3.8, 4) is 0 Å². The van der Waals surface area contributed by atoms with Crippen LogP contribution in [0, 0.1) is 0 Å². The maximum absolute atomic E-state index is 10.8. The minimum Gasteiger partial charge on any atom is -0.408 e. The molecule has 0 radical (unpaired) electrons. The molecular formula is C7H3Br2NO2. The SMILES string of the molecule is O=c1[nH]c2c(Br)cc(Br)cc2o1. The van der Waals surface area contributed by atoms with Crippen LogP contribution in [0.5, 0.6) is 0 Å². The molecule has 2 rings (SSSR count). The number of H-pyrrole nitrogens is 1. The summed E-state index contributed by atoms with van der Waals surface area (Å²) in [5, 5.41) is 0. The lowest BCUT2D eigenvalue weighted by Crippen LogP contribution is -1.93. The molecule has 1 heterocycles. The molecule has 12 heavy (non-hydrogen) atoms. The lowest BCUT2D eigenvalue weighted by Gasteiger charge is -1.92. The zero-order chi connectivity index (χ0) is 8.72. The summed E-state index contributed by atoms with van der Waals surface area (Å²) in [6.07, 6.45) is 0. The second-order valence-corrected chi connectivity index (χ2v) is 4.05. The Bertz CT molecular complexity index is 486. The van der Waals surface area contributed by atoms with Gasteiger partial charge in [0.2, 0.25) is 0 Å². The Balaban J connectivity index is 2.97. The molecule has 2 aromatic rings. The number of fused-ring (bicyclic) bond motifs is 1. The third kappa shape index (κ3) is 1.23. The smallest absolute Gasteiger partial charge is 0.408 e. The van der Waals surface area contributed by atoms with Gasteiger partial charge in [0.15, 0.2) is 5.58 Å². The number of halogens is 2. The van der Waals surface area contributed by atoms with Gasteiger partial charge in [-0.15, -0.1) is 0 Å². The highest BCUT2D eigenvalue weighted by Crippen LogP contribution is 2.25. The standard InChI is InChI=1S/C7H3Br2NO2/c8-3-1-4(9)6-5(2-3)12-7(11)10-6/h1-2H,(H,10,11). The summed E-state index contributed by atoms with van der Waals surface area (Å²) < 4.78 is 6.53. The van der Waals surface area contributed by atoms with Gasteiger partial charge in [-0.25, -0.2) is 4.79 Å². The zero-order valence-corrected chi connectivity index (χ0v) is 8.90. The molecule has 3 nitrogen and oxygen atoms in total. The Morgan fingerprint density at radius 2 is 2.08 bits per heavy atom. The predicted molar refractivity (Wildman–Crippen MR) is 52.2 cm³/mol. The highest BCUT2D eigenvalue weighted by Gasteiger charge is 2.05. The molecular weight excluding hydrogens is 290 g/mol. The first-order valence-electron chi connectivity index (χ1n) is 3.15. The number of oxazole rings is 1. The molecule has 0 saturated heterocycles. The molecule has 0 spiro atoms. The van der Waals surface area contributed by atoms with Crippen molar-refractivity contribution in [1.29, 1.82) is 0 Å². The number of hydrogen-bond donors (Lipinski definition) is 1. The Morgan fingerprint density at radius 3 is 2.83 bits per heavy atom. The summed E-state index contributed by atoms with van der Waals surface area (Å²) in [5.41, 5.74) is 1.23. The topological polar surface area (TPSA) is 46.0 Å². The summed E-state index contributed by atoms with van der Waals surface area (Å²) in [4.78, 5) is 13.4. The van der Waals surface area contributed by atoms with Crippen LogP contribution in [0.1, 0.15) is 0 Å². The van der Waals surface area contributed by atoms with Crippen molar-refractivity contribution in [2.45, 2.75) is 0 Å². The highest BCUT2D eigenvalue weighted by molar-refractivity contribution is 9.11. The first-order valence-corrected chi connectivity index (χ1v) is 4.73. The van der Waals surface area contributed by atoms with Gasteiger partial charge < -0.3 is 4.42 Å². The minimum absolute atomic E-state index is 0.441. The van der Waals surface area contributed by atoms with Crippen LogP contribution in [0.25, 0.3) is 11.1 Å². The van der Waals surface area contributed by atoms with Crippen LogP contribution in [-0.4, -0.2) is 4.98 Å². The van der Waals surface area contributed by atoms with E-state index in [1.54, 1.807) is 6.07 Å². The maximum atomic E-state index is 10.8. The van der Waals surface area contributed by atoms with Crippen molar-refractivity contribution in [3.05, 3.63) is 31.6 Å². The minimum atomic E-state index is -0.441. The molecule has 1 aromatic carbocycles. The second-order valence-electron chi connectivity index (χ2n) is 2.28. The van der Waals surface area contributed by atoms with Crippen molar-refractivity contribution in [1.82, 2.24) is 4.98 Å². The van der Waals surface area contributed by atoms with Crippen molar-refractivity contribution < 1.29 is 4.42 Å². The van der Waals surface area contributed by atoms with Gasteiger partial charge in [-0.3, -0.25) is 4.98 Å². The Hall–Kier alpha value is -0.550. The monoisotopic (exact) mass is 291 g/mol. The fourth-order valence-corrected chi connectivity index (χ4v) is 2.26. The molecule has 0 atom stereocenters. The van der Waals surface area contributed by atoms with Crippen molar-refractivity contribution in [3.63, 3.8) is 0 Å². The molecule has 1 N–H and O–H groups in total. The van der Waals surface area contributed by atoms with E-state index >= 15 is 0 Å². The summed E-state index contributed by atoms with van der Waals surface area (Å²) in [5.74, 6) is -0.441. The largest absolute Gasteiger partial charge is 0.417 e. The fourth-order valence-electron chi connectivity index (χ4n) is 0.979. The third-order valence-electron chi connectivity index (χ3n) is 1.45. The van der Waals surface area contributed by atoms with Crippen LogP contribution in [-0.2, 0) is 0 Å².